The van der Waals surface area contributed by atoms with Gasteiger partial charge in [-0.15, -0.1) is 5.10 Å². The van der Waals surface area contributed by atoms with Crippen LogP contribution in [0.25, 0.3) is 0 Å². The minimum absolute atomic E-state index is 0.0467. The first-order valence-electron chi connectivity index (χ1n) is 9.69. The van der Waals surface area contributed by atoms with Gasteiger partial charge in [-0.3, -0.25) is 9.59 Å². The summed E-state index contributed by atoms with van der Waals surface area (Å²) in [7, 11) is 0. The SMILES string of the molecule is CCOc1ccccc1NC(=O)c1nnn(CC(=O)Nc2ccc(C)cc2C)c1C. The Morgan fingerprint density at radius 3 is 2.53 bits per heavy atom. The molecule has 3 aromatic rings. The highest BCUT2D eigenvalue weighted by Gasteiger charge is 2.19. The van der Waals surface area contributed by atoms with Crippen molar-refractivity contribution in [3.8, 4) is 5.75 Å². The summed E-state index contributed by atoms with van der Waals surface area (Å²) in [6, 6.07) is 13.0. The van der Waals surface area contributed by atoms with Crippen molar-refractivity contribution in [3.05, 3.63) is 65.0 Å². The number of nitrogens with zero attached hydrogens (tertiary/aromatic N) is 3. The third-order valence-electron chi connectivity index (χ3n) is 4.58. The molecule has 156 valence electrons. The average Bonchev–Trinajstić information content (AvgIpc) is 3.06. The Kier molecular flexibility index (Phi) is 6.46. The molecule has 0 spiro atoms. The summed E-state index contributed by atoms with van der Waals surface area (Å²) in [4.78, 5) is 25.1. The minimum Gasteiger partial charge on any atom is -0.492 e. The van der Waals surface area contributed by atoms with E-state index >= 15 is 0 Å². The summed E-state index contributed by atoms with van der Waals surface area (Å²) in [5, 5.41) is 13.6. The van der Waals surface area contributed by atoms with Crippen LogP contribution in [0, 0.1) is 20.8 Å². The van der Waals surface area contributed by atoms with Gasteiger partial charge in [0.15, 0.2) is 5.69 Å². The highest BCUT2D eigenvalue weighted by atomic mass is 16.5. The molecule has 2 N–H and O–H groups in total. The molecule has 0 atom stereocenters. The number of ether oxygens (including phenoxy) is 1. The number of carbonyl (C=O) groups is 2. The third kappa shape index (κ3) is 4.83. The number of hydrogen-bond donors (Lipinski definition) is 2. The standard InChI is InChI=1S/C22H25N5O3/c1-5-30-19-9-7-6-8-18(19)24-22(29)21-16(4)27(26-25-21)13-20(28)23-17-11-10-14(2)12-15(17)3/h6-12H,5,13H2,1-4H3,(H,23,28)(H,24,29). The fourth-order valence-corrected chi connectivity index (χ4v) is 3.03. The molecule has 0 radical (unpaired) electrons. The number of anilines is 2. The van der Waals surface area contributed by atoms with E-state index in [0.717, 1.165) is 16.8 Å². The molecule has 0 saturated carbocycles. The number of amides is 2. The number of aryl methyl sites for hydroxylation is 2. The molecule has 0 aliphatic heterocycles. The van der Waals surface area contributed by atoms with Gasteiger partial charge in [0.25, 0.3) is 5.91 Å². The average molecular weight is 407 g/mol. The first-order valence-corrected chi connectivity index (χ1v) is 9.69. The van der Waals surface area contributed by atoms with Crippen LogP contribution in [0.2, 0.25) is 0 Å². The van der Waals surface area contributed by atoms with Gasteiger partial charge in [-0.05, 0) is 51.5 Å². The van der Waals surface area contributed by atoms with Gasteiger partial charge in [-0.2, -0.15) is 0 Å². The van der Waals surface area contributed by atoms with E-state index in [0.29, 0.717) is 23.7 Å². The molecule has 1 aromatic heterocycles. The smallest absolute Gasteiger partial charge is 0.278 e. The van der Waals surface area contributed by atoms with E-state index in [4.69, 9.17) is 4.74 Å². The van der Waals surface area contributed by atoms with Crippen LogP contribution in [-0.2, 0) is 11.3 Å². The lowest BCUT2D eigenvalue weighted by atomic mass is 10.1. The molecule has 1 heterocycles. The Balaban J connectivity index is 1.69. The van der Waals surface area contributed by atoms with Crippen LogP contribution >= 0.6 is 0 Å². The number of nitrogens with one attached hydrogen (secondary N) is 2. The zero-order valence-electron chi connectivity index (χ0n) is 17.5. The van der Waals surface area contributed by atoms with Crippen molar-refractivity contribution < 1.29 is 14.3 Å². The maximum Gasteiger partial charge on any atom is 0.278 e. The van der Waals surface area contributed by atoms with E-state index in [1.807, 2.05) is 45.0 Å². The molecule has 0 fully saturated rings. The number of benzene rings is 2. The van der Waals surface area contributed by atoms with Crippen molar-refractivity contribution >= 4 is 23.2 Å². The second kappa shape index (κ2) is 9.21. The Morgan fingerprint density at radius 1 is 1.03 bits per heavy atom. The van der Waals surface area contributed by atoms with Crippen LogP contribution < -0.4 is 15.4 Å². The van der Waals surface area contributed by atoms with Gasteiger partial charge >= 0.3 is 0 Å². The fourth-order valence-electron chi connectivity index (χ4n) is 3.03. The highest BCUT2D eigenvalue weighted by Crippen LogP contribution is 2.24. The molecule has 0 unspecified atom stereocenters. The number of hydrogen-bond acceptors (Lipinski definition) is 5. The number of rotatable bonds is 7. The maximum absolute atomic E-state index is 12.7. The van der Waals surface area contributed by atoms with Crippen LogP contribution in [0.5, 0.6) is 5.75 Å². The number of aromatic nitrogens is 3. The minimum atomic E-state index is -0.416. The summed E-state index contributed by atoms with van der Waals surface area (Å²) in [6.45, 7) is 7.94. The highest BCUT2D eigenvalue weighted by molar-refractivity contribution is 6.04. The first-order chi connectivity index (χ1) is 14.4. The number of carbonyl (C=O) groups excluding carboxylic acids is 2. The maximum atomic E-state index is 12.7. The normalized spacial score (nSPS) is 10.5. The Morgan fingerprint density at radius 2 is 1.80 bits per heavy atom. The third-order valence-corrected chi connectivity index (χ3v) is 4.58. The van der Waals surface area contributed by atoms with Crippen molar-refractivity contribution in [1.82, 2.24) is 15.0 Å². The molecular formula is C22H25N5O3. The monoisotopic (exact) mass is 407 g/mol. The molecule has 8 nitrogen and oxygen atoms in total. The van der Waals surface area contributed by atoms with Crippen molar-refractivity contribution in [2.45, 2.75) is 34.2 Å². The summed E-state index contributed by atoms with van der Waals surface area (Å²) in [5.74, 6) is -0.0875. The number of para-hydroxylation sites is 2. The molecule has 0 aliphatic carbocycles. The predicted molar refractivity (Wildman–Crippen MR) is 115 cm³/mol. The van der Waals surface area contributed by atoms with Gasteiger partial charge in [-0.1, -0.05) is 35.0 Å². The zero-order chi connectivity index (χ0) is 21.7. The zero-order valence-corrected chi connectivity index (χ0v) is 17.5. The van der Waals surface area contributed by atoms with Crippen molar-refractivity contribution in [3.63, 3.8) is 0 Å². The van der Waals surface area contributed by atoms with Crippen molar-refractivity contribution in [2.24, 2.45) is 0 Å². The lowest BCUT2D eigenvalue weighted by Gasteiger charge is -2.11. The molecule has 0 bridgehead atoms. The van der Waals surface area contributed by atoms with E-state index in [9.17, 15) is 9.59 Å². The van der Waals surface area contributed by atoms with E-state index < -0.39 is 5.91 Å². The largest absolute Gasteiger partial charge is 0.492 e. The quantitative estimate of drug-likeness (QED) is 0.625. The fraction of sp³-hybridized carbons (Fsp3) is 0.273. The summed E-state index contributed by atoms with van der Waals surface area (Å²) in [5.41, 5.74) is 4.04. The molecule has 0 saturated heterocycles. The molecule has 2 aromatic carbocycles. The van der Waals surface area contributed by atoms with Crippen molar-refractivity contribution in [1.29, 1.82) is 0 Å². The topological polar surface area (TPSA) is 98.1 Å². The van der Waals surface area contributed by atoms with Gasteiger partial charge in [0.05, 0.1) is 18.0 Å². The predicted octanol–water partition coefficient (Wildman–Crippen LogP) is 3.49. The van der Waals surface area contributed by atoms with E-state index in [1.54, 1.807) is 25.1 Å². The van der Waals surface area contributed by atoms with E-state index in [1.165, 1.54) is 4.68 Å². The van der Waals surface area contributed by atoms with Gasteiger partial charge in [0, 0.05) is 5.69 Å². The molecule has 3 rings (SSSR count). The van der Waals surface area contributed by atoms with Gasteiger partial charge < -0.3 is 15.4 Å². The van der Waals surface area contributed by atoms with Gasteiger partial charge in [-0.25, -0.2) is 4.68 Å². The summed E-state index contributed by atoms with van der Waals surface area (Å²) < 4.78 is 6.93. The lowest BCUT2D eigenvalue weighted by molar-refractivity contribution is -0.117. The molecular weight excluding hydrogens is 382 g/mol. The summed E-state index contributed by atoms with van der Waals surface area (Å²) >= 11 is 0. The van der Waals surface area contributed by atoms with E-state index in [-0.39, 0.29) is 18.1 Å². The summed E-state index contributed by atoms with van der Waals surface area (Å²) in [6.07, 6.45) is 0. The van der Waals surface area contributed by atoms with Crippen LogP contribution in [0.4, 0.5) is 11.4 Å². The van der Waals surface area contributed by atoms with Crippen LogP contribution in [0.3, 0.4) is 0 Å². The molecule has 8 heteroatoms. The van der Waals surface area contributed by atoms with Gasteiger partial charge in [0.2, 0.25) is 5.91 Å². The Labute approximate surface area is 175 Å². The van der Waals surface area contributed by atoms with Crippen LogP contribution in [-0.4, -0.2) is 33.4 Å². The lowest BCUT2D eigenvalue weighted by Crippen LogP contribution is -2.21. The van der Waals surface area contributed by atoms with Crippen LogP contribution in [0.15, 0.2) is 42.5 Å². The first kappa shape index (κ1) is 21.0. The second-order valence-electron chi connectivity index (χ2n) is 6.93. The van der Waals surface area contributed by atoms with Crippen LogP contribution in [0.1, 0.15) is 34.2 Å². The van der Waals surface area contributed by atoms with E-state index in [2.05, 4.69) is 20.9 Å². The van der Waals surface area contributed by atoms with Gasteiger partial charge in [0.1, 0.15) is 12.3 Å². The second-order valence-corrected chi connectivity index (χ2v) is 6.93. The molecule has 2 amide bonds. The molecule has 0 aliphatic rings. The Hall–Kier alpha value is -3.68. The Bertz CT molecular complexity index is 1070. The molecule has 30 heavy (non-hydrogen) atoms. The van der Waals surface area contributed by atoms with Crippen molar-refractivity contribution in [2.75, 3.05) is 17.2 Å².